The molecule has 4 unspecified atom stereocenters. The number of nitrogens with zero attached hydrogens (tertiary/aromatic N) is 1. The number of carboxylic acid groups (broad SMARTS) is 1. The number of hydrogen-bond acceptors (Lipinski definition) is 3. The molecule has 1 saturated heterocycles. The van der Waals surface area contributed by atoms with Crippen LogP contribution in [-0.2, 0) is 9.59 Å². The summed E-state index contributed by atoms with van der Waals surface area (Å²) in [5, 5.41) is 10.8. The monoisotopic (exact) mass is 434 g/mol. The standard InChI is InChI=1S/C26H30N2O4/c1-16(20-15-27-21-8-4-7-19(25(20)21)23-10-5-13-32-23)14-24(29)28-12-11-18(26(30)31)17-6-2-3-9-22(17)28/h4-5,7-8,10,13,15-18,22,27H,2-3,6,9,11-12,14H2,1H3,(H,30,31). The number of hydrogen-bond donors (Lipinski definition) is 2. The zero-order valence-corrected chi connectivity index (χ0v) is 18.4. The summed E-state index contributed by atoms with van der Waals surface area (Å²) in [6, 6.07) is 10.0. The first kappa shape index (κ1) is 20.9. The van der Waals surface area contributed by atoms with Crippen molar-refractivity contribution in [1.82, 2.24) is 9.88 Å². The Kier molecular flexibility index (Phi) is 5.53. The maximum Gasteiger partial charge on any atom is 0.306 e. The van der Waals surface area contributed by atoms with E-state index in [4.69, 9.17) is 4.42 Å². The Bertz CT molecular complexity index is 1120. The van der Waals surface area contributed by atoms with Crippen LogP contribution in [0.4, 0.5) is 0 Å². The van der Waals surface area contributed by atoms with E-state index < -0.39 is 5.97 Å². The Morgan fingerprint density at radius 2 is 2.03 bits per heavy atom. The molecule has 4 atom stereocenters. The molecule has 1 aliphatic carbocycles. The van der Waals surface area contributed by atoms with Crippen molar-refractivity contribution in [3.63, 3.8) is 0 Å². The number of piperidine rings is 1. The Morgan fingerprint density at radius 1 is 1.19 bits per heavy atom. The largest absolute Gasteiger partial charge is 0.481 e. The second kappa shape index (κ2) is 8.49. The van der Waals surface area contributed by atoms with Gasteiger partial charge in [0, 0.05) is 41.7 Å². The van der Waals surface area contributed by atoms with Gasteiger partial charge in [-0.2, -0.15) is 0 Å². The number of carboxylic acids is 1. The van der Waals surface area contributed by atoms with Gasteiger partial charge in [-0.1, -0.05) is 31.9 Å². The minimum Gasteiger partial charge on any atom is -0.481 e. The number of carbonyl (C=O) groups is 2. The van der Waals surface area contributed by atoms with Gasteiger partial charge in [0.15, 0.2) is 0 Å². The third kappa shape index (κ3) is 3.61. The number of H-pyrrole nitrogens is 1. The molecular formula is C26H30N2O4. The number of likely N-dealkylation sites (tertiary alicyclic amines) is 1. The number of aromatic nitrogens is 1. The molecule has 32 heavy (non-hydrogen) atoms. The Morgan fingerprint density at radius 3 is 2.81 bits per heavy atom. The fourth-order valence-corrected chi connectivity index (χ4v) is 6.00. The van der Waals surface area contributed by atoms with Crippen molar-refractivity contribution in [3.8, 4) is 11.3 Å². The zero-order chi connectivity index (χ0) is 22.2. The smallest absolute Gasteiger partial charge is 0.306 e. The van der Waals surface area contributed by atoms with Gasteiger partial charge >= 0.3 is 5.97 Å². The van der Waals surface area contributed by atoms with Gasteiger partial charge in [0.25, 0.3) is 0 Å². The van der Waals surface area contributed by atoms with Gasteiger partial charge in [-0.15, -0.1) is 0 Å². The molecule has 3 heterocycles. The first-order valence-electron chi connectivity index (χ1n) is 11.7. The van der Waals surface area contributed by atoms with E-state index >= 15 is 0 Å². The van der Waals surface area contributed by atoms with E-state index in [9.17, 15) is 14.7 Å². The van der Waals surface area contributed by atoms with Gasteiger partial charge in [-0.3, -0.25) is 9.59 Å². The van der Waals surface area contributed by atoms with Crippen LogP contribution < -0.4 is 0 Å². The quantitative estimate of drug-likeness (QED) is 0.562. The van der Waals surface area contributed by atoms with Crippen LogP contribution in [0.3, 0.4) is 0 Å². The molecule has 6 nitrogen and oxygen atoms in total. The van der Waals surface area contributed by atoms with Crippen molar-refractivity contribution in [2.24, 2.45) is 11.8 Å². The van der Waals surface area contributed by atoms with Crippen molar-refractivity contribution < 1.29 is 19.1 Å². The highest BCUT2D eigenvalue weighted by molar-refractivity contribution is 5.97. The van der Waals surface area contributed by atoms with Crippen molar-refractivity contribution in [2.75, 3.05) is 6.54 Å². The first-order chi connectivity index (χ1) is 15.5. The number of aliphatic carboxylic acids is 1. The molecule has 2 aromatic heterocycles. The van der Waals surface area contributed by atoms with E-state index in [0.717, 1.165) is 53.5 Å². The van der Waals surface area contributed by atoms with E-state index in [1.165, 1.54) is 0 Å². The van der Waals surface area contributed by atoms with Crippen molar-refractivity contribution in [2.45, 2.75) is 57.4 Å². The minimum atomic E-state index is -0.702. The van der Waals surface area contributed by atoms with Gasteiger partial charge in [0.1, 0.15) is 5.76 Å². The lowest BCUT2D eigenvalue weighted by Gasteiger charge is -2.47. The average molecular weight is 435 g/mol. The molecule has 0 bridgehead atoms. The summed E-state index contributed by atoms with van der Waals surface area (Å²) in [6.07, 6.45) is 8.63. The Hall–Kier alpha value is -3.02. The predicted octanol–water partition coefficient (Wildman–Crippen LogP) is 5.41. The van der Waals surface area contributed by atoms with Crippen molar-refractivity contribution in [1.29, 1.82) is 0 Å². The fraction of sp³-hybridized carbons (Fsp3) is 0.462. The first-order valence-corrected chi connectivity index (χ1v) is 11.7. The summed E-state index contributed by atoms with van der Waals surface area (Å²) in [7, 11) is 0. The Balaban J connectivity index is 1.39. The highest BCUT2D eigenvalue weighted by Gasteiger charge is 2.44. The van der Waals surface area contributed by atoms with Crippen LogP contribution >= 0.6 is 0 Å². The fourth-order valence-electron chi connectivity index (χ4n) is 6.00. The Labute approximate surface area is 187 Å². The van der Waals surface area contributed by atoms with Gasteiger partial charge < -0.3 is 19.4 Å². The van der Waals surface area contributed by atoms with Crippen molar-refractivity contribution >= 4 is 22.8 Å². The van der Waals surface area contributed by atoms with Gasteiger partial charge in [-0.05, 0) is 54.9 Å². The van der Waals surface area contributed by atoms with Crippen LogP contribution in [0.2, 0.25) is 0 Å². The number of benzene rings is 1. The number of carbonyl (C=O) groups excluding carboxylic acids is 1. The van der Waals surface area contributed by atoms with Gasteiger partial charge in [-0.25, -0.2) is 0 Å². The molecule has 1 aromatic carbocycles. The van der Waals surface area contributed by atoms with Gasteiger partial charge in [0.05, 0.1) is 12.2 Å². The zero-order valence-electron chi connectivity index (χ0n) is 18.4. The maximum absolute atomic E-state index is 13.4. The molecule has 2 N–H and O–H groups in total. The van der Waals surface area contributed by atoms with E-state index in [0.29, 0.717) is 19.4 Å². The lowest BCUT2D eigenvalue weighted by molar-refractivity contribution is -0.153. The van der Waals surface area contributed by atoms with Crippen LogP contribution in [0.15, 0.2) is 47.2 Å². The van der Waals surface area contributed by atoms with E-state index in [1.807, 2.05) is 35.4 Å². The molecule has 1 saturated carbocycles. The van der Waals surface area contributed by atoms with Crippen molar-refractivity contribution in [3.05, 3.63) is 48.4 Å². The summed E-state index contributed by atoms with van der Waals surface area (Å²) in [5.74, 6) is 0.0659. The highest BCUT2D eigenvalue weighted by atomic mass is 16.4. The normalized spacial score (nSPS) is 24.3. The van der Waals surface area contributed by atoms with Crippen LogP contribution in [0.5, 0.6) is 0 Å². The molecule has 6 heteroatoms. The molecule has 1 aliphatic heterocycles. The number of amides is 1. The lowest BCUT2D eigenvalue weighted by atomic mass is 9.71. The second-order valence-electron chi connectivity index (χ2n) is 9.39. The van der Waals surface area contributed by atoms with Crippen LogP contribution in [0, 0.1) is 11.8 Å². The summed E-state index contributed by atoms with van der Waals surface area (Å²) < 4.78 is 5.66. The third-order valence-electron chi connectivity index (χ3n) is 7.55. The molecule has 1 amide bonds. The summed E-state index contributed by atoms with van der Waals surface area (Å²) in [5.41, 5.74) is 3.17. The highest BCUT2D eigenvalue weighted by Crippen LogP contribution is 2.41. The number of aromatic amines is 1. The van der Waals surface area contributed by atoms with Gasteiger partial charge in [0.2, 0.25) is 5.91 Å². The predicted molar refractivity (Wildman–Crippen MR) is 122 cm³/mol. The second-order valence-corrected chi connectivity index (χ2v) is 9.39. The lowest BCUT2D eigenvalue weighted by Crippen LogP contribution is -2.54. The number of fused-ring (bicyclic) bond motifs is 2. The van der Waals surface area contributed by atoms with E-state index in [1.54, 1.807) is 6.26 Å². The maximum atomic E-state index is 13.4. The van der Waals surface area contributed by atoms with E-state index in [-0.39, 0.29) is 29.7 Å². The number of nitrogens with one attached hydrogen (secondary N) is 1. The summed E-state index contributed by atoms with van der Waals surface area (Å²) in [4.78, 5) is 30.6. The molecule has 0 radical (unpaired) electrons. The third-order valence-corrected chi connectivity index (χ3v) is 7.55. The van der Waals surface area contributed by atoms with Crippen LogP contribution in [0.25, 0.3) is 22.2 Å². The molecule has 168 valence electrons. The number of furan rings is 1. The summed E-state index contributed by atoms with van der Waals surface area (Å²) in [6.45, 7) is 2.65. The molecule has 2 fully saturated rings. The molecule has 2 aliphatic rings. The minimum absolute atomic E-state index is 0.0339. The van der Waals surface area contributed by atoms with Crippen LogP contribution in [0.1, 0.15) is 56.9 Å². The SMILES string of the molecule is CC(CC(=O)N1CCC(C(=O)O)C2CCCCC21)c1c[nH]c2cccc(-c3ccco3)c12. The summed E-state index contributed by atoms with van der Waals surface area (Å²) >= 11 is 0. The molecule has 5 rings (SSSR count). The molecule has 0 spiro atoms. The number of rotatable bonds is 5. The van der Waals surface area contributed by atoms with Crippen LogP contribution in [-0.4, -0.2) is 39.5 Å². The molecular weight excluding hydrogens is 404 g/mol. The van der Waals surface area contributed by atoms with E-state index in [2.05, 4.69) is 18.0 Å². The molecule has 3 aromatic rings. The topological polar surface area (TPSA) is 86.5 Å². The average Bonchev–Trinajstić information content (AvgIpc) is 3.48.